The van der Waals surface area contributed by atoms with Crippen LogP contribution in [-0.4, -0.2) is 31.3 Å². The molecule has 3 aromatic rings. The van der Waals surface area contributed by atoms with Crippen molar-refractivity contribution in [2.45, 2.75) is 51.7 Å². The molecule has 166 valence electrons. The van der Waals surface area contributed by atoms with Crippen molar-refractivity contribution in [2.75, 3.05) is 5.32 Å². The summed E-state index contributed by atoms with van der Waals surface area (Å²) in [7, 11) is 1.85. The summed E-state index contributed by atoms with van der Waals surface area (Å²) in [4.78, 5) is 17.4. The third-order valence-electron chi connectivity index (χ3n) is 5.18. The largest absolute Gasteiger partial charge is 0.390 e. The first-order valence-corrected chi connectivity index (χ1v) is 10.4. The molecule has 1 heterocycles. The number of aryl methyl sites for hydroxylation is 2. The van der Waals surface area contributed by atoms with Gasteiger partial charge in [-0.15, -0.1) is 0 Å². The Balaban J connectivity index is 2.06. The summed E-state index contributed by atoms with van der Waals surface area (Å²) >= 11 is 5.80. The summed E-state index contributed by atoms with van der Waals surface area (Å²) in [6, 6.07) is 7.64. The van der Waals surface area contributed by atoms with Crippen LogP contribution in [0.25, 0.3) is 11.0 Å². The number of fused-ring (bicyclic) bond motifs is 1. The zero-order valence-corrected chi connectivity index (χ0v) is 19.0. The van der Waals surface area contributed by atoms with Crippen LogP contribution in [0.1, 0.15) is 55.9 Å². The molecule has 0 atom stereocenters. The summed E-state index contributed by atoms with van der Waals surface area (Å²) in [5.41, 5.74) is -0.113. The van der Waals surface area contributed by atoms with E-state index in [1.165, 1.54) is 18.2 Å². The van der Waals surface area contributed by atoms with Crippen molar-refractivity contribution in [3.63, 3.8) is 0 Å². The van der Waals surface area contributed by atoms with Gasteiger partial charge in [0.1, 0.15) is 5.82 Å². The minimum atomic E-state index is -1.28. The van der Waals surface area contributed by atoms with E-state index in [4.69, 9.17) is 11.6 Å². The highest BCUT2D eigenvalue weighted by molar-refractivity contribution is 6.31. The van der Waals surface area contributed by atoms with Crippen molar-refractivity contribution >= 4 is 34.2 Å². The molecule has 0 aliphatic carbocycles. The summed E-state index contributed by atoms with van der Waals surface area (Å²) in [5.74, 6) is -0.709. The first-order valence-electron chi connectivity index (χ1n) is 9.98. The van der Waals surface area contributed by atoms with E-state index in [9.17, 15) is 19.4 Å². The number of carbonyl (C=O) groups excluding carboxylic acids is 1. The minimum absolute atomic E-state index is 0.145. The Bertz CT molecular complexity index is 1140. The van der Waals surface area contributed by atoms with Crippen LogP contribution in [0.4, 0.5) is 10.1 Å². The number of nitrogens with zero attached hydrogens (tertiary/aromatic N) is 2. The number of nitrogens with one attached hydrogen (secondary N) is 1. The van der Waals surface area contributed by atoms with E-state index in [0.717, 1.165) is 11.3 Å². The van der Waals surface area contributed by atoms with Gasteiger partial charge in [-0.1, -0.05) is 17.7 Å². The normalized spacial score (nSPS) is 12.4. The SMILES string of the molecule is Cn1c(CCC(C)(C)O)nc2cc(C(C)(C)O)c(NC(=O)c3cccc(Cl)c3F)cc21. The van der Waals surface area contributed by atoms with Gasteiger partial charge in [0.25, 0.3) is 5.91 Å². The molecular weight excluding hydrogens is 421 g/mol. The number of rotatable bonds is 6. The number of aromatic nitrogens is 2. The second-order valence-corrected chi connectivity index (χ2v) is 9.31. The van der Waals surface area contributed by atoms with Crippen LogP contribution >= 0.6 is 11.6 Å². The molecule has 2 aromatic carbocycles. The summed E-state index contributed by atoms with van der Waals surface area (Å²) in [6.45, 7) is 6.68. The number of carbonyl (C=O) groups is 1. The second kappa shape index (κ2) is 8.22. The maximum atomic E-state index is 14.3. The quantitative estimate of drug-likeness (QED) is 0.517. The van der Waals surface area contributed by atoms with E-state index in [0.29, 0.717) is 29.6 Å². The molecule has 31 heavy (non-hydrogen) atoms. The number of hydrogen-bond donors (Lipinski definition) is 3. The molecule has 0 radical (unpaired) electrons. The molecule has 8 heteroatoms. The van der Waals surface area contributed by atoms with Crippen molar-refractivity contribution in [2.24, 2.45) is 7.05 Å². The van der Waals surface area contributed by atoms with Crippen LogP contribution in [0.3, 0.4) is 0 Å². The van der Waals surface area contributed by atoms with Crippen LogP contribution in [-0.2, 0) is 19.1 Å². The predicted octanol–water partition coefficient (Wildman–Crippen LogP) is 4.55. The highest BCUT2D eigenvalue weighted by Crippen LogP contribution is 2.33. The smallest absolute Gasteiger partial charge is 0.258 e. The van der Waals surface area contributed by atoms with Gasteiger partial charge in [0, 0.05) is 24.7 Å². The molecule has 3 rings (SSSR count). The molecule has 0 spiro atoms. The van der Waals surface area contributed by atoms with Crippen molar-refractivity contribution in [1.82, 2.24) is 9.55 Å². The lowest BCUT2D eigenvalue weighted by Gasteiger charge is -2.22. The summed E-state index contributed by atoms with van der Waals surface area (Å²) in [5, 5.41) is 23.3. The van der Waals surface area contributed by atoms with E-state index in [1.807, 2.05) is 11.6 Å². The third-order valence-corrected chi connectivity index (χ3v) is 5.47. The van der Waals surface area contributed by atoms with Crippen molar-refractivity contribution < 1.29 is 19.4 Å². The average Bonchev–Trinajstić information content (AvgIpc) is 2.95. The summed E-state index contributed by atoms with van der Waals surface area (Å²) in [6.07, 6.45) is 1.09. The second-order valence-electron chi connectivity index (χ2n) is 8.90. The number of halogens is 2. The van der Waals surface area contributed by atoms with Crippen molar-refractivity contribution in [3.8, 4) is 0 Å². The zero-order valence-electron chi connectivity index (χ0n) is 18.3. The van der Waals surface area contributed by atoms with Gasteiger partial charge in [-0.05, 0) is 58.4 Å². The molecule has 1 amide bonds. The Morgan fingerprint density at radius 2 is 1.90 bits per heavy atom. The fraction of sp³-hybridized carbons (Fsp3) is 0.391. The molecule has 0 saturated heterocycles. The number of amides is 1. The molecule has 0 fully saturated rings. The molecular formula is C23H27ClFN3O3. The minimum Gasteiger partial charge on any atom is -0.390 e. The van der Waals surface area contributed by atoms with Gasteiger partial charge in [-0.3, -0.25) is 4.79 Å². The van der Waals surface area contributed by atoms with Gasteiger partial charge in [-0.2, -0.15) is 0 Å². The van der Waals surface area contributed by atoms with Gasteiger partial charge in [0.05, 0.1) is 32.8 Å². The number of anilines is 1. The Hall–Kier alpha value is -2.48. The number of aliphatic hydroxyl groups is 2. The first-order chi connectivity index (χ1) is 14.3. The third kappa shape index (κ3) is 5.06. The van der Waals surface area contributed by atoms with E-state index < -0.39 is 22.9 Å². The number of hydrogen-bond acceptors (Lipinski definition) is 4. The van der Waals surface area contributed by atoms with E-state index in [-0.39, 0.29) is 10.6 Å². The Morgan fingerprint density at radius 1 is 1.23 bits per heavy atom. The monoisotopic (exact) mass is 447 g/mol. The van der Waals surface area contributed by atoms with Gasteiger partial charge in [0.2, 0.25) is 0 Å². The maximum Gasteiger partial charge on any atom is 0.258 e. The molecule has 0 aliphatic rings. The van der Waals surface area contributed by atoms with E-state index >= 15 is 0 Å². The topological polar surface area (TPSA) is 87.4 Å². The number of imidazole rings is 1. The zero-order chi connectivity index (χ0) is 23.1. The van der Waals surface area contributed by atoms with Crippen LogP contribution < -0.4 is 5.32 Å². The summed E-state index contributed by atoms with van der Waals surface area (Å²) < 4.78 is 16.2. The van der Waals surface area contributed by atoms with Gasteiger partial charge in [0.15, 0.2) is 5.82 Å². The Morgan fingerprint density at radius 3 is 2.52 bits per heavy atom. The Labute approximate surface area is 185 Å². The van der Waals surface area contributed by atoms with Crippen molar-refractivity contribution in [1.29, 1.82) is 0 Å². The first kappa shape index (κ1) is 23.2. The fourth-order valence-corrected chi connectivity index (χ4v) is 3.58. The van der Waals surface area contributed by atoms with Crippen LogP contribution in [0.5, 0.6) is 0 Å². The molecule has 0 aliphatic heterocycles. The van der Waals surface area contributed by atoms with Gasteiger partial charge in [-0.25, -0.2) is 9.37 Å². The Kier molecular flexibility index (Phi) is 6.15. The van der Waals surface area contributed by atoms with Crippen LogP contribution in [0.15, 0.2) is 30.3 Å². The molecule has 0 bridgehead atoms. The van der Waals surface area contributed by atoms with E-state index in [2.05, 4.69) is 10.3 Å². The molecule has 6 nitrogen and oxygen atoms in total. The molecule has 0 unspecified atom stereocenters. The van der Waals surface area contributed by atoms with Gasteiger partial charge < -0.3 is 20.1 Å². The maximum absolute atomic E-state index is 14.3. The van der Waals surface area contributed by atoms with Gasteiger partial charge >= 0.3 is 0 Å². The van der Waals surface area contributed by atoms with Crippen molar-refractivity contribution in [3.05, 3.63) is 58.1 Å². The highest BCUT2D eigenvalue weighted by atomic mass is 35.5. The standard InChI is InChI=1S/C23H27ClFN3O3/c1-22(2,30)10-9-19-26-17-11-14(23(3,4)31)16(12-18(17)28(19)5)27-21(29)13-7-6-8-15(24)20(13)25/h6-8,11-12,30-31H,9-10H2,1-5H3,(H,27,29). The lowest BCUT2D eigenvalue weighted by Crippen LogP contribution is -2.21. The lowest BCUT2D eigenvalue weighted by molar-refractivity contribution is 0.0706. The van der Waals surface area contributed by atoms with Crippen LogP contribution in [0.2, 0.25) is 5.02 Å². The molecule has 1 aromatic heterocycles. The average molecular weight is 448 g/mol. The van der Waals surface area contributed by atoms with E-state index in [1.54, 1.807) is 39.8 Å². The highest BCUT2D eigenvalue weighted by Gasteiger charge is 2.25. The lowest BCUT2D eigenvalue weighted by atomic mass is 9.95. The predicted molar refractivity (Wildman–Crippen MR) is 120 cm³/mol. The molecule has 3 N–H and O–H groups in total. The fourth-order valence-electron chi connectivity index (χ4n) is 3.41. The molecule has 0 saturated carbocycles. The van der Waals surface area contributed by atoms with Crippen LogP contribution in [0, 0.1) is 5.82 Å². The number of benzene rings is 2.